The van der Waals surface area contributed by atoms with E-state index in [-0.39, 0.29) is 29.6 Å². The molecule has 3 saturated carbocycles. The van der Waals surface area contributed by atoms with E-state index in [1.54, 1.807) is 0 Å². The predicted octanol–water partition coefficient (Wildman–Crippen LogP) is 1.21. The second-order valence-electron chi connectivity index (χ2n) is 21.1. The quantitative estimate of drug-likeness (QED) is 0.168. The van der Waals surface area contributed by atoms with Gasteiger partial charge in [0.25, 0.3) is 0 Å². The molecule has 0 aromatic carbocycles. The highest BCUT2D eigenvalue weighted by molar-refractivity contribution is 5.26. The summed E-state index contributed by atoms with van der Waals surface area (Å²) in [6.45, 7) is 13.3. The molecule has 0 amide bonds. The zero-order valence-electron chi connectivity index (χ0n) is 36.6. The summed E-state index contributed by atoms with van der Waals surface area (Å²) < 4.78 is 50.5. The van der Waals surface area contributed by atoms with Crippen LogP contribution in [0.25, 0.3) is 0 Å². The first-order valence-electron chi connectivity index (χ1n) is 23.3. The summed E-state index contributed by atoms with van der Waals surface area (Å²) in [5.41, 5.74) is 7.80. The van der Waals surface area contributed by atoms with Gasteiger partial charge in [-0.05, 0) is 106 Å². The van der Waals surface area contributed by atoms with Crippen molar-refractivity contribution in [3.05, 3.63) is 11.6 Å². The highest BCUT2D eigenvalue weighted by Gasteiger charge is 2.69. The van der Waals surface area contributed by atoms with Gasteiger partial charge in [-0.15, -0.1) is 0 Å². The van der Waals surface area contributed by atoms with Gasteiger partial charge in [0.2, 0.25) is 0 Å². The molecule has 5 saturated heterocycles. The summed E-state index contributed by atoms with van der Waals surface area (Å²) in [7, 11) is 0. The minimum Gasteiger partial charge on any atom is -0.388 e. The molecular weight excluding hydrogens is 794 g/mol. The minimum absolute atomic E-state index is 0.00294. The van der Waals surface area contributed by atoms with E-state index >= 15 is 0 Å². The molecule has 16 nitrogen and oxygen atoms in total. The summed E-state index contributed by atoms with van der Waals surface area (Å²) in [6, 6.07) is 0. The van der Waals surface area contributed by atoms with E-state index in [2.05, 4.69) is 33.8 Å². The van der Waals surface area contributed by atoms with Crippen LogP contribution in [0.5, 0.6) is 0 Å². The van der Waals surface area contributed by atoms with Crippen LogP contribution in [0.4, 0.5) is 0 Å². The first-order chi connectivity index (χ1) is 28.9. The lowest BCUT2D eigenvalue weighted by Crippen LogP contribution is -2.67. The van der Waals surface area contributed by atoms with E-state index in [1.165, 1.54) is 32.3 Å². The van der Waals surface area contributed by atoms with E-state index < -0.39 is 97.9 Å². The lowest BCUT2D eigenvalue weighted by molar-refractivity contribution is -0.386. The lowest BCUT2D eigenvalue weighted by atomic mass is 9.47. The monoisotopic (exact) mass is 867 g/mol. The van der Waals surface area contributed by atoms with Crippen molar-refractivity contribution in [1.29, 1.82) is 0 Å². The summed E-state index contributed by atoms with van der Waals surface area (Å²) in [5.74, 6) is 2.71. The molecule has 26 atom stereocenters. The number of fused-ring (bicyclic) bond motifs is 7. The molecule has 0 unspecified atom stereocenters. The molecule has 4 aliphatic carbocycles. The van der Waals surface area contributed by atoms with Gasteiger partial charge in [0, 0.05) is 18.9 Å². The Morgan fingerprint density at radius 3 is 1.98 bits per heavy atom. The molecular formula is C45H73NO15. The van der Waals surface area contributed by atoms with Crippen molar-refractivity contribution in [2.45, 2.75) is 209 Å². The summed E-state index contributed by atoms with van der Waals surface area (Å²) >= 11 is 0. The molecule has 0 radical (unpaired) electrons. The molecule has 348 valence electrons. The zero-order chi connectivity index (χ0) is 43.5. The average Bonchev–Trinajstić information content (AvgIpc) is 3.69. The molecule has 0 aromatic heterocycles. The van der Waals surface area contributed by atoms with Gasteiger partial charge >= 0.3 is 0 Å². The second kappa shape index (κ2) is 16.8. The van der Waals surface area contributed by atoms with E-state index in [9.17, 15) is 35.7 Å². The fraction of sp³-hybridized carbons (Fsp3) is 0.956. The SMILES string of the molecule is C[C@@H]1CC[C@@]2(OC1)O[C@H]1C[C@H]3[C@@H]4CC=C5C[C@@H](O[C@@H]6O[C@H](CN)[C@@H](O[C@H]7O[C@H](C)[C@@H](O)[C@H](O)[C@@H]7O)[C@H](O)[C@H]6O[C@H]6O[C@H](C)[C@@H](O)[C@H](O)[C@@H]6O)CC[C@]5(C)[C@H]4CC[C@]3(C)[C@H]1[C@@H]2C. The van der Waals surface area contributed by atoms with Crippen LogP contribution in [0.2, 0.25) is 0 Å². The third kappa shape index (κ3) is 7.42. The Bertz CT molecular complexity index is 1600. The number of rotatable bonds is 7. The highest BCUT2D eigenvalue weighted by Crippen LogP contribution is 2.70. The molecule has 0 bridgehead atoms. The minimum atomic E-state index is -1.68. The molecule has 5 aliphatic heterocycles. The number of aliphatic hydroxyl groups excluding tert-OH is 7. The molecule has 61 heavy (non-hydrogen) atoms. The fourth-order valence-electron chi connectivity index (χ4n) is 14.0. The van der Waals surface area contributed by atoms with E-state index in [1.807, 2.05) is 0 Å². The first-order valence-corrected chi connectivity index (χ1v) is 23.3. The van der Waals surface area contributed by atoms with Crippen LogP contribution in [0.1, 0.15) is 99.3 Å². The van der Waals surface area contributed by atoms with Gasteiger partial charge in [0.05, 0.1) is 31.0 Å². The van der Waals surface area contributed by atoms with Crippen molar-refractivity contribution >= 4 is 0 Å². The van der Waals surface area contributed by atoms with Crippen LogP contribution in [0.3, 0.4) is 0 Å². The number of allylic oxidation sites excluding steroid dienone is 1. The largest absolute Gasteiger partial charge is 0.388 e. The Morgan fingerprint density at radius 2 is 1.36 bits per heavy atom. The van der Waals surface area contributed by atoms with Crippen LogP contribution >= 0.6 is 0 Å². The van der Waals surface area contributed by atoms with E-state index in [0.717, 1.165) is 45.1 Å². The summed E-state index contributed by atoms with van der Waals surface area (Å²) in [6.07, 6.45) is -9.28. The topological polar surface area (TPSA) is 241 Å². The van der Waals surface area contributed by atoms with Crippen molar-refractivity contribution in [2.24, 2.45) is 52.1 Å². The highest BCUT2D eigenvalue weighted by atomic mass is 16.8. The van der Waals surface area contributed by atoms with Crippen LogP contribution in [0.15, 0.2) is 11.6 Å². The molecule has 1 spiro atoms. The Balaban J connectivity index is 0.916. The van der Waals surface area contributed by atoms with Crippen molar-refractivity contribution in [3.63, 3.8) is 0 Å². The molecule has 16 heteroatoms. The van der Waals surface area contributed by atoms with Gasteiger partial charge in [-0.2, -0.15) is 0 Å². The van der Waals surface area contributed by atoms with Crippen molar-refractivity contribution in [1.82, 2.24) is 0 Å². The molecule has 9 N–H and O–H groups in total. The van der Waals surface area contributed by atoms with Crippen molar-refractivity contribution in [3.8, 4) is 0 Å². The normalized spacial score (nSPS) is 58.4. The van der Waals surface area contributed by atoms with E-state index in [4.69, 9.17) is 43.6 Å². The van der Waals surface area contributed by atoms with Gasteiger partial charge in [0.15, 0.2) is 24.7 Å². The van der Waals surface area contributed by atoms with Gasteiger partial charge < -0.3 is 79.4 Å². The number of nitrogens with two attached hydrogens (primary N) is 1. The lowest BCUT2D eigenvalue weighted by Gasteiger charge is -2.59. The average molecular weight is 868 g/mol. The Labute approximate surface area is 359 Å². The number of ether oxygens (including phenoxy) is 8. The van der Waals surface area contributed by atoms with Crippen LogP contribution in [-0.2, 0) is 37.9 Å². The molecule has 5 heterocycles. The van der Waals surface area contributed by atoms with Crippen molar-refractivity contribution in [2.75, 3.05) is 13.2 Å². The molecule has 8 fully saturated rings. The van der Waals surface area contributed by atoms with E-state index in [0.29, 0.717) is 41.9 Å². The smallest absolute Gasteiger partial charge is 0.187 e. The predicted molar refractivity (Wildman–Crippen MR) is 215 cm³/mol. The third-order valence-electron chi connectivity index (χ3n) is 17.7. The maximum atomic E-state index is 12.1. The zero-order valence-corrected chi connectivity index (χ0v) is 36.6. The van der Waals surface area contributed by atoms with Crippen LogP contribution in [0, 0.1) is 46.3 Å². The number of hydrogen-bond donors (Lipinski definition) is 8. The maximum absolute atomic E-state index is 12.1. The standard InChI is InChI=1S/C45H73NO15/c1-19-9-14-45(54-18-19)20(2)30-28(61-45)16-27-25-8-7-23-15-24(10-12-43(23,5)26(25)11-13-44(27,30)6)57-42-39(60-41-36(52)34(50)32(48)22(4)56-41)37(53)38(29(17-46)58-42)59-40-35(51)33(49)31(47)21(3)55-40/h7,19-22,24-42,47-53H,8-18,46H2,1-6H3/t19-,20+,21-,22-,24+,25-,26+,27+,28+,29-,30+,31-,32-,33+,34+,35+,36+,37+,38-,39-,40-,41-,42-,43+,44+,45-/m1/s1. The first kappa shape index (κ1) is 45.3. The third-order valence-corrected chi connectivity index (χ3v) is 17.7. The molecule has 9 rings (SSSR count). The maximum Gasteiger partial charge on any atom is 0.187 e. The van der Waals surface area contributed by atoms with Crippen LogP contribution < -0.4 is 5.73 Å². The van der Waals surface area contributed by atoms with Crippen molar-refractivity contribution < 1.29 is 73.6 Å². The van der Waals surface area contributed by atoms with Gasteiger partial charge in [0.1, 0.15) is 61.0 Å². The van der Waals surface area contributed by atoms with Gasteiger partial charge in [-0.25, -0.2) is 0 Å². The Hall–Kier alpha value is -0.900. The number of aliphatic hydroxyl groups is 7. The second-order valence-corrected chi connectivity index (χ2v) is 21.1. The Morgan fingerprint density at radius 1 is 0.705 bits per heavy atom. The fourth-order valence-corrected chi connectivity index (χ4v) is 14.0. The summed E-state index contributed by atoms with van der Waals surface area (Å²) in [5, 5.41) is 75.5. The van der Waals surface area contributed by atoms with Crippen LogP contribution in [-0.4, -0.2) is 159 Å². The summed E-state index contributed by atoms with van der Waals surface area (Å²) in [4.78, 5) is 0. The molecule has 0 aromatic rings. The Kier molecular flexibility index (Phi) is 12.4. The van der Waals surface area contributed by atoms with Gasteiger partial charge in [-0.1, -0.05) is 39.3 Å². The molecule has 9 aliphatic rings. The number of hydrogen-bond acceptors (Lipinski definition) is 16. The van der Waals surface area contributed by atoms with Gasteiger partial charge in [-0.3, -0.25) is 0 Å².